The van der Waals surface area contributed by atoms with Gasteiger partial charge in [0.05, 0.1) is 11.5 Å². The van der Waals surface area contributed by atoms with E-state index in [4.69, 9.17) is 4.74 Å². The molecule has 3 rings (SSSR count). The van der Waals surface area contributed by atoms with Crippen LogP contribution in [-0.4, -0.2) is 26.2 Å². The zero-order valence-corrected chi connectivity index (χ0v) is 14.3. The molecule has 1 aliphatic rings. The van der Waals surface area contributed by atoms with Gasteiger partial charge in [0.1, 0.15) is 0 Å². The van der Waals surface area contributed by atoms with Gasteiger partial charge in [-0.05, 0) is 29.7 Å². The van der Waals surface area contributed by atoms with Crippen LogP contribution in [0.1, 0.15) is 19.8 Å². The monoisotopic (exact) mass is 344 g/mol. The largest absolute Gasteiger partial charge is 0.464 e. The first-order valence-corrected chi connectivity index (χ1v) is 9.64. The Morgan fingerprint density at radius 3 is 2.25 bits per heavy atom. The Bertz CT molecular complexity index is 810. The standard InChI is InChI=1S/C19H20O4S/c1-2-6-16-13-23-19(20)18(16)24(21,22)17-11-9-15(10-12-17)14-7-4-3-5-8-14/h3-5,7-12,16,18H,2,6,13H2,1H3/t16-,18?/m0/s1. The lowest BCUT2D eigenvalue weighted by Crippen LogP contribution is -2.32. The lowest BCUT2D eigenvalue weighted by molar-refractivity contribution is -0.137. The van der Waals surface area contributed by atoms with Crippen LogP contribution < -0.4 is 0 Å². The topological polar surface area (TPSA) is 60.4 Å². The van der Waals surface area contributed by atoms with Gasteiger partial charge in [-0.15, -0.1) is 0 Å². The molecule has 1 saturated heterocycles. The van der Waals surface area contributed by atoms with Gasteiger partial charge in [0.2, 0.25) is 0 Å². The Kier molecular flexibility index (Phi) is 4.71. The smallest absolute Gasteiger partial charge is 0.325 e. The molecule has 2 aromatic carbocycles. The van der Waals surface area contributed by atoms with Gasteiger partial charge in [0, 0.05) is 5.92 Å². The first-order valence-electron chi connectivity index (χ1n) is 8.10. The third-order valence-electron chi connectivity index (χ3n) is 4.38. The number of esters is 1. The zero-order valence-electron chi connectivity index (χ0n) is 13.5. The van der Waals surface area contributed by atoms with Crippen molar-refractivity contribution in [3.63, 3.8) is 0 Å². The maximum absolute atomic E-state index is 12.9. The highest BCUT2D eigenvalue weighted by Crippen LogP contribution is 2.31. The fraction of sp³-hybridized carbons (Fsp3) is 0.316. The first-order chi connectivity index (χ1) is 11.5. The number of ether oxygens (including phenoxy) is 1. The minimum atomic E-state index is -3.73. The van der Waals surface area contributed by atoms with Gasteiger partial charge in [0.25, 0.3) is 0 Å². The summed E-state index contributed by atoms with van der Waals surface area (Å²) in [5.74, 6) is -0.887. The third-order valence-corrected chi connectivity index (χ3v) is 6.56. The Morgan fingerprint density at radius 2 is 1.62 bits per heavy atom. The highest BCUT2D eigenvalue weighted by Gasteiger charge is 2.46. The average Bonchev–Trinajstić information content (AvgIpc) is 2.97. The maximum atomic E-state index is 12.9. The molecule has 5 heteroatoms. The molecule has 1 fully saturated rings. The van der Waals surface area contributed by atoms with Crippen LogP contribution in [0.3, 0.4) is 0 Å². The number of hydrogen-bond acceptors (Lipinski definition) is 4. The molecular weight excluding hydrogens is 324 g/mol. The Balaban J connectivity index is 1.91. The number of sulfone groups is 1. The van der Waals surface area contributed by atoms with E-state index in [-0.39, 0.29) is 17.4 Å². The molecule has 0 aromatic heterocycles. The van der Waals surface area contributed by atoms with Crippen molar-refractivity contribution < 1.29 is 17.9 Å². The summed E-state index contributed by atoms with van der Waals surface area (Å²) >= 11 is 0. The van der Waals surface area contributed by atoms with Gasteiger partial charge in [-0.3, -0.25) is 4.79 Å². The SMILES string of the molecule is CCC[C@H]1COC(=O)C1S(=O)(=O)c1ccc(-c2ccccc2)cc1. The van der Waals surface area contributed by atoms with E-state index in [2.05, 4.69) is 0 Å². The maximum Gasteiger partial charge on any atom is 0.325 e. The Hall–Kier alpha value is -2.14. The number of hydrogen-bond donors (Lipinski definition) is 0. The predicted octanol–water partition coefficient (Wildman–Crippen LogP) is 3.47. The lowest BCUT2D eigenvalue weighted by atomic mass is 10.0. The average molecular weight is 344 g/mol. The van der Waals surface area contributed by atoms with Crippen molar-refractivity contribution in [2.24, 2.45) is 5.92 Å². The van der Waals surface area contributed by atoms with Crippen LogP contribution in [0.4, 0.5) is 0 Å². The van der Waals surface area contributed by atoms with Crippen molar-refractivity contribution in [2.75, 3.05) is 6.61 Å². The zero-order chi connectivity index (χ0) is 17.2. The second-order valence-corrected chi connectivity index (χ2v) is 8.10. The van der Waals surface area contributed by atoms with E-state index in [0.717, 1.165) is 17.5 Å². The van der Waals surface area contributed by atoms with E-state index < -0.39 is 21.1 Å². The van der Waals surface area contributed by atoms with E-state index in [0.29, 0.717) is 6.42 Å². The Morgan fingerprint density at radius 1 is 1.00 bits per heavy atom. The van der Waals surface area contributed by atoms with Crippen molar-refractivity contribution in [1.82, 2.24) is 0 Å². The summed E-state index contributed by atoms with van der Waals surface area (Å²) in [5, 5.41) is -1.08. The third kappa shape index (κ3) is 3.08. The summed E-state index contributed by atoms with van der Waals surface area (Å²) < 4.78 is 30.8. The minimum absolute atomic E-state index is 0.173. The molecule has 0 spiro atoms. The van der Waals surface area contributed by atoms with Crippen LogP contribution in [0, 0.1) is 5.92 Å². The molecule has 2 atom stereocenters. The second kappa shape index (κ2) is 6.77. The molecule has 0 aliphatic carbocycles. The van der Waals surface area contributed by atoms with Crippen LogP contribution in [-0.2, 0) is 19.4 Å². The van der Waals surface area contributed by atoms with Gasteiger partial charge in [-0.2, -0.15) is 0 Å². The van der Waals surface area contributed by atoms with Crippen molar-refractivity contribution in [3.05, 3.63) is 54.6 Å². The van der Waals surface area contributed by atoms with Gasteiger partial charge in [-0.1, -0.05) is 55.8 Å². The number of carbonyl (C=O) groups is 1. The fourth-order valence-corrected chi connectivity index (χ4v) is 5.00. The van der Waals surface area contributed by atoms with E-state index >= 15 is 0 Å². The molecule has 0 N–H and O–H groups in total. The minimum Gasteiger partial charge on any atom is -0.464 e. The number of cyclic esters (lactones) is 1. The normalized spacial score (nSPS) is 20.8. The molecular formula is C19H20O4S. The first kappa shape index (κ1) is 16.7. The fourth-order valence-electron chi connectivity index (χ4n) is 3.15. The summed E-state index contributed by atoms with van der Waals surface area (Å²) in [7, 11) is -3.73. The molecule has 4 nitrogen and oxygen atoms in total. The van der Waals surface area contributed by atoms with Crippen molar-refractivity contribution >= 4 is 15.8 Å². The molecule has 0 saturated carbocycles. The van der Waals surface area contributed by atoms with Crippen molar-refractivity contribution in [3.8, 4) is 11.1 Å². The molecule has 24 heavy (non-hydrogen) atoms. The summed E-state index contributed by atoms with van der Waals surface area (Å²) in [4.78, 5) is 12.1. The van der Waals surface area contributed by atoms with E-state index in [1.807, 2.05) is 37.3 Å². The molecule has 0 bridgehead atoms. The molecule has 1 unspecified atom stereocenters. The van der Waals surface area contributed by atoms with Crippen molar-refractivity contribution in [1.29, 1.82) is 0 Å². The highest BCUT2D eigenvalue weighted by atomic mass is 32.2. The number of benzene rings is 2. The van der Waals surface area contributed by atoms with E-state index in [1.165, 1.54) is 0 Å². The summed E-state index contributed by atoms with van der Waals surface area (Å²) in [6.45, 7) is 2.17. The highest BCUT2D eigenvalue weighted by molar-refractivity contribution is 7.92. The summed E-state index contributed by atoms with van der Waals surface area (Å²) in [6, 6.07) is 16.4. The summed E-state index contributed by atoms with van der Waals surface area (Å²) in [6.07, 6.45) is 1.48. The van der Waals surface area contributed by atoms with Gasteiger partial charge < -0.3 is 4.74 Å². The molecule has 0 amide bonds. The van der Waals surface area contributed by atoms with Gasteiger partial charge >= 0.3 is 5.97 Å². The molecule has 126 valence electrons. The second-order valence-electron chi connectivity index (χ2n) is 6.03. The van der Waals surface area contributed by atoms with Crippen molar-refractivity contribution in [2.45, 2.75) is 29.9 Å². The van der Waals surface area contributed by atoms with E-state index in [9.17, 15) is 13.2 Å². The molecule has 2 aromatic rings. The van der Waals surface area contributed by atoms with Crippen LogP contribution in [0.25, 0.3) is 11.1 Å². The molecule has 1 heterocycles. The van der Waals surface area contributed by atoms with Crippen LogP contribution in [0.2, 0.25) is 0 Å². The van der Waals surface area contributed by atoms with Gasteiger partial charge in [0.15, 0.2) is 15.1 Å². The lowest BCUT2D eigenvalue weighted by Gasteiger charge is -2.15. The van der Waals surface area contributed by atoms with E-state index in [1.54, 1.807) is 24.3 Å². The number of rotatable bonds is 5. The summed E-state index contributed by atoms with van der Waals surface area (Å²) in [5.41, 5.74) is 1.96. The Labute approximate surface area is 142 Å². The number of carbonyl (C=O) groups excluding carboxylic acids is 1. The van der Waals surface area contributed by atoms with Crippen LogP contribution in [0.15, 0.2) is 59.5 Å². The van der Waals surface area contributed by atoms with Gasteiger partial charge in [-0.25, -0.2) is 8.42 Å². The molecule has 1 aliphatic heterocycles. The predicted molar refractivity (Wildman–Crippen MR) is 92.2 cm³/mol. The quantitative estimate of drug-likeness (QED) is 0.779. The molecule has 0 radical (unpaired) electrons. The van der Waals surface area contributed by atoms with Crippen LogP contribution in [0.5, 0.6) is 0 Å². The van der Waals surface area contributed by atoms with Crippen LogP contribution >= 0.6 is 0 Å².